The normalized spacial score (nSPS) is 11.2. The van der Waals surface area contributed by atoms with Crippen molar-refractivity contribution >= 4 is 32.3 Å². The van der Waals surface area contributed by atoms with E-state index in [1.165, 1.54) is 11.3 Å². The first-order chi connectivity index (χ1) is 14.6. The smallest absolute Gasteiger partial charge is 0.267 e. The van der Waals surface area contributed by atoms with Gasteiger partial charge in [-0.2, -0.15) is 15.5 Å². The van der Waals surface area contributed by atoms with E-state index in [1.54, 1.807) is 17.1 Å². The van der Waals surface area contributed by atoms with Crippen LogP contribution in [0.5, 0.6) is 0 Å². The lowest BCUT2D eigenvalue weighted by molar-refractivity contribution is 0.777. The molecule has 146 valence electrons. The molecule has 0 saturated heterocycles. The highest BCUT2D eigenvalue weighted by atomic mass is 32.1. The Morgan fingerprint density at radius 3 is 2.93 bits per heavy atom. The number of nitrogens with zero attached hydrogens (tertiary/aromatic N) is 5. The molecule has 0 amide bonds. The summed E-state index contributed by atoms with van der Waals surface area (Å²) in [5, 5.41) is 22.5. The fourth-order valence-corrected chi connectivity index (χ4v) is 4.98. The maximum Gasteiger partial charge on any atom is 0.272 e. The molecule has 0 aliphatic carbocycles. The first kappa shape index (κ1) is 18.2. The molecule has 0 unspecified atom stereocenters. The molecule has 0 atom stereocenters. The Labute approximate surface area is 175 Å². The molecule has 0 bridgehead atoms. The predicted molar refractivity (Wildman–Crippen MR) is 117 cm³/mol. The van der Waals surface area contributed by atoms with Gasteiger partial charge in [0.05, 0.1) is 43.6 Å². The maximum atomic E-state index is 12.2. The molecule has 5 aromatic rings. The number of H-pyrrole nitrogens is 1. The number of thiophene rings is 1. The first-order valence-corrected chi connectivity index (χ1v) is 10.3. The van der Waals surface area contributed by atoms with Crippen molar-refractivity contribution in [1.29, 1.82) is 5.26 Å². The number of rotatable bonds is 3. The zero-order valence-electron chi connectivity index (χ0n) is 16.3. The standard InChI is InChI=1S/C22H16N6OS/c1-3-17-14-9-12(6-7-13(14)22(29)27-26-17)16-11-25-28(2)20(16)21-15(10-23)19-18(30-21)5-4-8-24-19/h4-9,11H,3H2,1-2H3,(H,27,29). The zero-order valence-corrected chi connectivity index (χ0v) is 17.1. The van der Waals surface area contributed by atoms with Crippen LogP contribution < -0.4 is 5.56 Å². The minimum atomic E-state index is -0.206. The number of fused-ring (bicyclic) bond motifs is 2. The third-order valence-electron chi connectivity index (χ3n) is 5.23. The first-order valence-electron chi connectivity index (χ1n) is 9.44. The summed E-state index contributed by atoms with van der Waals surface area (Å²) in [6, 6.07) is 11.9. The molecule has 5 rings (SSSR count). The number of pyridine rings is 1. The number of aromatic nitrogens is 5. The lowest BCUT2D eigenvalue weighted by Gasteiger charge is -2.08. The molecule has 1 aromatic carbocycles. The van der Waals surface area contributed by atoms with E-state index in [-0.39, 0.29) is 5.56 Å². The molecular weight excluding hydrogens is 396 g/mol. The summed E-state index contributed by atoms with van der Waals surface area (Å²) >= 11 is 1.53. The summed E-state index contributed by atoms with van der Waals surface area (Å²) in [6.45, 7) is 2.01. The van der Waals surface area contributed by atoms with Crippen LogP contribution in [0.4, 0.5) is 0 Å². The van der Waals surface area contributed by atoms with E-state index >= 15 is 0 Å². The van der Waals surface area contributed by atoms with Crippen molar-refractivity contribution in [2.75, 3.05) is 0 Å². The molecule has 0 spiro atoms. The minimum Gasteiger partial charge on any atom is -0.267 e. The van der Waals surface area contributed by atoms with Crippen molar-refractivity contribution in [2.24, 2.45) is 7.05 Å². The van der Waals surface area contributed by atoms with E-state index in [0.29, 0.717) is 22.9 Å². The van der Waals surface area contributed by atoms with Crippen LogP contribution in [0.25, 0.3) is 42.7 Å². The number of hydrogen-bond acceptors (Lipinski definition) is 6. The minimum absolute atomic E-state index is 0.206. The molecule has 0 aliphatic rings. The van der Waals surface area contributed by atoms with Gasteiger partial charge < -0.3 is 0 Å². The van der Waals surface area contributed by atoms with Gasteiger partial charge in [-0.15, -0.1) is 11.3 Å². The van der Waals surface area contributed by atoms with E-state index < -0.39 is 0 Å². The summed E-state index contributed by atoms with van der Waals surface area (Å²) in [4.78, 5) is 17.4. The Kier molecular flexibility index (Phi) is 4.19. The molecule has 4 heterocycles. The van der Waals surface area contributed by atoms with Gasteiger partial charge in [-0.3, -0.25) is 14.5 Å². The Morgan fingerprint density at radius 1 is 1.27 bits per heavy atom. The van der Waals surface area contributed by atoms with Gasteiger partial charge in [0.1, 0.15) is 6.07 Å². The SMILES string of the molecule is CCc1n[nH]c(=O)c2ccc(-c3cnn(C)c3-c3sc4cccnc4c3C#N)cc12. The summed E-state index contributed by atoms with van der Waals surface area (Å²) in [6.07, 6.45) is 4.20. The Balaban J connectivity index is 1.79. The van der Waals surface area contributed by atoms with Gasteiger partial charge in [0.15, 0.2) is 0 Å². The van der Waals surface area contributed by atoms with Gasteiger partial charge >= 0.3 is 0 Å². The summed E-state index contributed by atoms with van der Waals surface area (Å²) < 4.78 is 2.74. The highest BCUT2D eigenvalue weighted by Gasteiger charge is 2.22. The van der Waals surface area contributed by atoms with Gasteiger partial charge in [-0.1, -0.05) is 13.0 Å². The second kappa shape index (κ2) is 6.90. The van der Waals surface area contributed by atoms with Gasteiger partial charge in [0, 0.05) is 24.2 Å². The van der Waals surface area contributed by atoms with Gasteiger partial charge in [0.25, 0.3) is 5.56 Å². The van der Waals surface area contributed by atoms with E-state index in [1.807, 2.05) is 44.3 Å². The topological polar surface area (TPSA) is 100 Å². The van der Waals surface area contributed by atoms with Gasteiger partial charge in [-0.25, -0.2) is 5.10 Å². The van der Waals surface area contributed by atoms with Crippen molar-refractivity contribution < 1.29 is 0 Å². The quantitative estimate of drug-likeness (QED) is 0.482. The van der Waals surface area contributed by atoms with Crippen LogP contribution in [-0.4, -0.2) is 25.0 Å². The summed E-state index contributed by atoms with van der Waals surface area (Å²) in [5.74, 6) is 0. The average Bonchev–Trinajstić information content (AvgIpc) is 3.33. The summed E-state index contributed by atoms with van der Waals surface area (Å²) in [5.41, 5.74) is 4.54. The Bertz CT molecular complexity index is 1540. The third kappa shape index (κ3) is 2.64. The Morgan fingerprint density at radius 2 is 2.13 bits per heavy atom. The number of aromatic amines is 1. The Hall–Kier alpha value is -3.83. The average molecular weight is 412 g/mol. The van der Waals surface area contributed by atoms with E-state index in [9.17, 15) is 10.1 Å². The number of nitriles is 1. The number of nitrogens with one attached hydrogen (secondary N) is 1. The number of hydrogen-bond donors (Lipinski definition) is 1. The molecule has 30 heavy (non-hydrogen) atoms. The fraction of sp³-hybridized carbons (Fsp3) is 0.136. The largest absolute Gasteiger partial charge is 0.272 e. The van der Waals surface area contributed by atoms with Crippen LogP contribution in [-0.2, 0) is 13.5 Å². The second-order valence-corrected chi connectivity index (χ2v) is 7.96. The number of aryl methyl sites for hydroxylation is 2. The van der Waals surface area contributed by atoms with Crippen molar-refractivity contribution in [3.8, 4) is 27.8 Å². The molecule has 0 aliphatic heterocycles. The number of benzene rings is 1. The zero-order chi connectivity index (χ0) is 20.8. The lowest BCUT2D eigenvalue weighted by atomic mass is 9.99. The van der Waals surface area contributed by atoms with Crippen LogP contribution in [0, 0.1) is 11.3 Å². The van der Waals surface area contributed by atoms with Gasteiger partial charge in [-0.05, 0) is 36.2 Å². The molecule has 0 saturated carbocycles. The maximum absolute atomic E-state index is 12.2. The molecule has 0 fully saturated rings. The van der Waals surface area contributed by atoms with E-state index in [4.69, 9.17) is 0 Å². The van der Waals surface area contributed by atoms with Crippen LogP contribution >= 0.6 is 11.3 Å². The molecular formula is C22H16N6OS. The van der Waals surface area contributed by atoms with E-state index in [2.05, 4.69) is 26.3 Å². The molecule has 0 radical (unpaired) electrons. The monoisotopic (exact) mass is 412 g/mol. The molecule has 4 aromatic heterocycles. The van der Waals surface area contributed by atoms with E-state index in [0.717, 1.165) is 37.5 Å². The highest BCUT2D eigenvalue weighted by Crippen LogP contribution is 2.41. The third-order valence-corrected chi connectivity index (χ3v) is 6.38. The van der Waals surface area contributed by atoms with Crippen LogP contribution in [0.2, 0.25) is 0 Å². The predicted octanol–water partition coefficient (Wildman–Crippen LogP) is 4.03. The van der Waals surface area contributed by atoms with Crippen molar-refractivity contribution in [3.05, 3.63) is 64.3 Å². The molecule has 8 heteroatoms. The van der Waals surface area contributed by atoms with Gasteiger partial charge in [0.2, 0.25) is 0 Å². The lowest BCUT2D eigenvalue weighted by Crippen LogP contribution is -2.10. The van der Waals surface area contributed by atoms with Crippen LogP contribution in [0.15, 0.2) is 47.5 Å². The van der Waals surface area contributed by atoms with Crippen molar-refractivity contribution in [1.82, 2.24) is 25.0 Å². The summed E-state index contributed by atoms with van der Waals surface area (Å²) in [7, 11) is 1.86. The fourth-order valence-electron chi connectivity index (χ4n) is 3.77. The van der Waals surface area contributed by atoms with Crippen molar-refractivity contribution in [3.63, 3.8) is 0 Å². The van der Waals surface area contributed by atoms with Crippen LogP contribution in [0.3, 0.4) is 0 Å². The second-order valence-electron chi connectivity index (χ2n) is 6.91. The highest BCUT2D eigenvalue weighted by molar-refractivity contribution is 7.22. The van der Waals surface area contributed by atoms with Crippen LogP contribution in [0.1, 0.15) is 18.2 Å². The van der Waals surface area contributed by atoms with Crippen molar-refractivity contribution in [2.45, 2.75) is 13.3 Å². The molecule has 7 nitrogen and oxygen atoms in total. The molecule has 1 N–H and O–H groups in total.